The molecule has 4 aromatic rings. The van der Waals surface area contributed by atoms with Crippen LogP contribution in [0.1, 0.15) is 15.9 Å². The van der Waals surface area contributed by atoms with Gasteiger partial charge >= 0.3 is 6.18 Å². The highest BCUT2D eigenvalue weighted by Gasteiger charge is 2.30. The number of carbonyl (C=O) groups is 1. The smallest absolute Gasteiger partial charge is 0.416 e. The van der Waals surface area contributed by atoms with E-state index < -0.39 is 11.7 Å². The molecule has 4 rings (SSSR count). The van der Waals surface area contributed by atoms with Crippen molar-refractivity contribution in [3.05, 3.63) is 90.0 Å². The number of halogens is 3. The average molecular weight is 454 g/mol. The van der Waals surface area contributed by atoms with E-state index in [4.69, 9.17) is 4.74 Å². The van der Waals surface area contributed by atoms with Crippen molar-refractivity contribution in [3.63, 3.8) is 0 Å². The Labute approximate surface area is 186 Å². The molecule has 0 fully saturated rings. The molecule has 0 bridgehead atoms. The van der Waals surface area contributed by atoms with Crippen LogP contribution in [-0.4, -0.2) is 18.0 Å². The van der Waals surface area contributed by atoms with Gasteiger partial charge in [-0.3, -0.25) is 4.79 Å². The third-order valence-electron chi connectivity index (χ3n) is 4.71. The molecule has 8 heteroatoms. The first kappa shape index (κ1) is 21.6. The number of nitrogens with one attached hydrogen (secondary N) is 1. The van der Waals surface area contributed by atoms with Gasteiger partial charge in [0.05, 0.1) is 12.7 Å². The highest BCUT2D eigenvalue weighted by atomic mass is 32.1. The molecule has 0 radical (unpaired) electrons. The summed E-state index contributed by atoms with van der Waals surface area (Å²) < 4.78 is 43.8. The number of anilines is 1. The van der Waals surface area contributed by atoms with Gasteiger partial charge in [-0.15, -0.1) is 0 Å². The summed E-state index contributed by atoms with van der Waals surface area (Å²) in [6.45, 7) is 0. The van der Waals surface area contributed by atoms with Crippen LogP contribution in [-0.2, 0) is 6.18 Å². The second kappa shape index (κ2) is 8.84. The Balaban J connectivity index is 1.69. The summed E-state index contributed by atoms with van der Waals surface area (Å²) in [5, 5.41) is 3.89. The molecule has 4 nitrogen and oxygen atoms in total. The predicted octanol–water partition coefficient (Wildman–Crippen LogP) is 6.76. The van der Waals surface area contributed by atoms with Crippen LogP contribution in [0.15, 0.2) is 78.9 Å². The van der Waals surface area contributed by atoms with E-state index in [1.807, 2.05) is 30.3 Å². The van der Waals surface area contributed by atoms with Gasteiger partial charge in [0, 0.05) is 16.7 Å². The SMILES string of the molecule is COc1ccc(C(=O)Nc2sc(-c3ccc(C(F)(F)F)cc3)nc2-c2ccccc2)cc1. The maximum Gasteiger partial charge on any atom is 0.416 e. The van der Waals surface area contributed by atoms with Crippen molar-refractivity contribution in [1.29, 1.82) is 0 Å². The van der Waals surface area contributed by atoms with Crippen LogP contribution in [0.2, 0.25) is 0 Å². The van der Waals surface area contributed by atoms with Crippen molar-refractivity contribution in [3.8, 4) is 27.6 Å². The fourth-order valence-corrected chi connectivity index (χ4v) is 4.03. The lowest BCUT2D eigenvalue weighted by molar-refractivity contribution is -0.137. The highest BCUT2D eigenvalue weighted by molar-refractivity contribution is 7.19. The number of rotatable bonds is 5. The standard InChI is InChI=1S/C24H17F3N2O2S/c1-31-19-13-9-16(10-14-19)21(30)29-23-20(15-5-3-2-4-6-15)28-22(32-23)17-7-11-18(12-8-17)24(25,26)27/h2-14H,1H3,(H,29,30). The van der Waals surface area contributed by atoms with E-state index in [0.717, 1.165) is 17.7 Å². The molecule has 1 N–H and O–H groups in total. The van der Waals surface area contributed by atoms with Crippen LogP contribution in [0.5, 0.6) is 5.75 Å². The van der Waals surface area contributed by atoms with E-state index in [1.54, 1.807) is 31.4 Å². The Morgan fingerprint density at radius 1 is 0.906 bits per heavy atom. The number of hydrogen-bond acceptors (Lipinski definition) is 4. The zero-order chi connectivity index (χ0) is 22.7. The highest BCUT2D eigenvalue weighted by Crippen LogP contribution is 2.39. The van der Waals surface area contributed by atoms with Crippen LogP contribution < -0.4 is 10.1 Å². The minimum Gasteiger partial charge on any atom is -0.497 e. The summed E-state index contributed by atoms with van der Waals surface area (Å²) in [6.07, 6.45) is -4.41. The van der Waals surface area contributed by atoms with E-state index in [2.05, 4.69) is 10.3 Å². The van der Waals surface area contributed by atoms with Crippen molar-refractivity contribution in [2.24, 2.45) is 0 Å². The molecule has 0 atom stereocenters. The van der Waals surface area contributed by atoms with Crippen LogP contribution in [0.3, 0.4) is 0 Å². The van der Waals surface area contributed by atoms with Gasteiger partial charge in [0.2, 0.25) is 0 Å². The van der Waals surface area contributed by atoms with Crippen LogP contribution in [0, 0.1) is 0 Å². The molecule has 0 unspecified atom stereocenters. The fourth-order valence-electron chi connectivity index (χ4n) is 3.04. The number of ether oxygens (including phenoxy) is 1. The number of carbonyl (C=O) groups excluding carboxylic acids is 1. The van der Waals surface area contributed by atoms with Crippen molar-refractivity contribution in [1.82, 2.24) is 4.98 Å². The van der Waals surface area contributed by atoms with E-state index in [0.29, 0.717) is 32.6 Å². The lowest BCUT2D eigenvalue weighted by Gasteiger charge is -2.06. The topological polar surface area (TPSA) is 51.2 Å². The molecule has 3 aromatic carbocycles. The molecule has 0 saturated carbocycles. The van der Waals surface area contributed by atoms with Crippen molar-refractivity contribution < 1.29 is 22.7 Å². The number of alkyl halides is 3. The Hall–Kier alpha value is -3.65. The van der Waals surface area contributed by atoms with Gasteiger partial charge < -0.3 is 10.1 Å². The van der Waals surface area contributed by atoms with Gasteiger partial charge in [0.25, 0.3) is 5.91 Å². The second-order valence-corrected chi connectivity index (χ2v) is 7.82. The fraction of sp³-hybridized carbons (Fsp3) is 0.0833. The van der Waals surface area contributed by atoms with E-state index in [1.165, 1.54) is 23.5 Å². The lowest BCUT2D eigenvalue weighted by atomic mass is 10.1. The third-order valence-corrected chi connectivity index (χ3v) is 5.73. The number of aromatic nitrogens is 1. The number of hydrogen-bond donors (Lipinski definition) is 1. The van der Waals surface area contributed by atoms with Crippen molar-refractivity contribution in [2.45, 2.75) is 6.18 Å². The summed E-state index contributed by atoms with van der Waals surface area (Å²) in [4.78, 5) is 17.4. The molecular formula is C24H17F3N2O2S. The molecular weight excluding hydrogens is 437 g/mol. The first-order valence-electron chi connectivity index (χ1n) is 9.54. The monoisotopic (exact) mass is 454 g/mol. The largest absolute Gasteiger partial charge is 0.497 e. The van der Waals surface area contributed by atoms with Crippen molar-refractivity contribution >= 4 is 22.2 Å². The van der Waals surface area contributed by atoms with Gasteiger partial charge in [0.1, 0.15) is 21.5 Å². The van der Waals surface area contributed by atoms with Crippen molar-refractivity contribution in [2.75, 3.05) is 12.4 Å². The minimum absolute atomic E-state index is 0.326. The molecule has 32 heavy (non-hydrogen) atoms. The Morgan fingerprint density at radius 2 is 1.56 bits per heavy atom. The first-order valence-corrected chi connectivity index (χ1v) is 10.4. The van der Waals surface area contributed by atoms with Crippen LogP contribution in [0.25, 0.3) is 21.8 Å². The Bertz CT molecular complexity index is 1220. The molecule has 162 valence electrons. The average Bonchev–Trinajstić information content (AvgIpc) is 3.23. The zero-order valence-corrected chi connectivity index (χ0v) is 17.6. The summed E-state index contributed by atoms with van der Waals surface area (Å²) in [5.41, 5.74) is 1.58. The molecule has 0 aliphatic heterocycles. The molecule has 0 aliphatic carbocycles. The second-order valence-electron chi connectivity index (χ2n) is 6.82. The van der Waals surface area contributed by atoms with Gasteiger partial charge in [-0.25, -0.2) is 4.98 Å². The Morgan fingerprint density at radius 3 is 2.16 bits per heavy atom. The molecule has 1 heterocycles. The van der Waals surface area contributed by atoms with Gasteiger partial charge in [-0.1, -0.05) is 53.8 Å². The van der Waals surface area contributed by atoms with E-state index in [9.17, 15) is 18.0 Å². The summed E-state index contributed by atoms with van der Waals surface area (Å²) in [5.74, 6) is 0.307. The lowest BCUT2D eigenvalue weighted by Crippen LogP contribution is -2.11. The predicted molar refractivity (Wildman–Crippen MR) is 119 cm³/mol. The minimum atomic E-state index is -4.41. The van der Waals surface area contributed by atoms with E-state index in [-0.39, 0.29) is 5.91 Å². The van der Waals surface area contributed by atoms with Crippen LogP contribution >= 0.6 is 11.3 Å². The maximum atomic E-state index is 12.9. The quantitative estimate of drug-likeness (QED) is 0.363. The third kappa shape index (κ3) is 4.65. The number of methoxy groups -OCH3 is 1. The summed E-state index contributed by atoms with van der Waals surface area (Å²) >= 11 is 1.20. The molecule has 0 spiro atoms. The first-order chi connectivity index (χ1) is 15.3. The summed E-state index contributed by atoms with van der Waals surface area (Å²) in [7, 11) is 1.54. The zero-order valence-electron chi connectivity index (χ0n) is 16.8. The number of amides is 1. The molecule has 0 aliphatic rings. The molecule has 1 amide bonds. The molecule has 0 saturated heterocycles. The number of nitrogens with zero attached hydrogens (tertiary/aromatic N) is 1. The number of thiazole rings is 1. The van der Waals surface area contributed by atoms with Crippen LogP contribution in [0.4, 0.5) is 18.2 Å². The number of benzene rings is 3. The maximum absolute atomic E-state index is 12.9. The normalized spacial score (nSPS) is 11.2. The van der Waals surface area contributed by atoms with Gasteiger partial charge in [0.15, 0.2) is 0 Å². The molecule has 1 aromatic heterocycles. The van der Waals surface area contributed by atoms with E-state index >= 15 is 0 Å². The van der Waals surface area contributed by atoms with Gasteiger partial charge in [-0.2, -0.15) is 13.2 Å². The Kier molecular flexibility index (Phi) is 5.96. The summed E-state index contributed by atoms with van der Waals surface area (Å²) in [6, 6.07) is 20.7. The van der Waals surface area contributed by atoms with Gasteiger partial charge in [-0.05, 0) is 36.4 Å².